The molecule has 0 aromatic carbocycles. The molecule has 0 aliphatic carbocycles. The number of aromatic nitrogens is 2. The molecule has 1 fully saturated rings. The number of amides is 2. The molecule has 2 amide bonds. The second-order valence-electron chi connectivity index (χ2n) is 5.56. The minimum absolute atomic E-state index is 0.0465. The van der Waals surface area contributed by atoms with Gasteiger partial charge in [-0.05, 0) is 12.8 Å². The maximum atomic E-state index is 13.2. The van der Waals surface area contributed by atoms with E-state index in [2.05, 4.69) is 4.98 Å². The predicted octanol–water partition coefficient (Wildman–Crippen LogP) is 1.91. The fraction of sp³-hybridized carbons (Fsp3) is 0.615. The molecule has 1 aromatic rings. The molecule has 1 aromatic heterocycles. The highest BCUT2D eigenvalue weighted by atomic mass is 19.4. The second-order valence-corrected chi connectivity index (χ2v) is 5.56. The van der Waals surface area contributed by atoms with Crippen LogP contribution in [0.1, 0.15) is 30.8 Å². The molecule has 0 bridgehead atoms. The van der Waals surface area contributed by atoms with Crippen LogP contribution in [-0.4, -0.2) is 44.6 Å². The summed E-state index contributed by atoms with van der Waals surface area (Å²) in [6, 6.07) is 0. The largest absolute Gasteiger partial charge is 0.465 e. The van der Waals surface area contributed by atoms with E-state index >= 15 is 0 Å². The Kier molecular flexibility index (Phi) is 3.69. The summed E-state index contributed by atoms with van der Waals surface area (Å²) in [4.78, 5) is 29.1. The van der Waals surface area contributed by atoms with E-state index in [9.17, 15) is 22.8 Å². The van der Waals surface area contributed by atoms with Crippen molar-refractivity contribution < 1.29 is 27.9 Å². The van der Waals surface area contributed by atoms with Gasteiger partial charge in [0.1, 0.15) is 0 Å². The molecule has 1 N–H and O–H groups in total. The lowest BCUT2D eigenvalue weighted by atomic mass is 10.1. The van der Waals surface area contributed by atoms with Crippen LogP contribution in [0.4, 0.5) is 23.8 Å². The molecule has 0 unspecified atom stereocenters. The zero-order chi connectivity index (χ0) is 16.8. The first-order valence-corrected chi connectivity index (χ1v) is 7.24. The third-order valence-corrected chi connectivity index (χ3v) is 4.09. The fourth-order valence-corrected chi connectivity index (χ4v) is 2.98. The minimum atomic E-state index is -4.66. The third kappa shape index (κ3) is 2.73. The molecule has 126 valence electrons. The molecule has 2 aliphatic rings. The Hall–Kier alpha value is -2.26. The first-order chi connectivity index (χ1) is 10.8. The van der Waals surface area contributed by atoms with Gasteiger partial charge in [-0.3, -0.25) is 9.69 Å². The summed E-state index contributed by atoms with van der Waals surface area (Å²) in [5, 5.41) is 9.08. The van der Waals surface area contributed by atoms with E-state index in [-0.39, 0.29) is 43.5 Å². The van der Waals surface area contributed by atoms with Gasteiger partial charge in [-0.1, -0.05) is 0 Å². The van der Waals surface area contributed by atoms with Gasteiger partial charge in [0, 0.05) is 26.1 Å². The van der Waals surface area contributed by atoms with Crippen molar-refractivity contribution in [3.05, 3.63) is 11.5 Å². The van der Waals surface area contributed by atoms with Crippen molar-refractivity contribution in [2.24, 2.45) is 0 Å². The van der Waals surface area contributed by atoms with Crippen LogP contribution in [0.25, 0.3) is 0 Å². The van der Waals surface area contributed by atoms with Gasteiger partial charge < -0.3 is 14.6 Å². The summed E-state index contributed by atoms with van der Waals surface area (Å²) in [7, 11) is 0. The highest BCUT2D eigenvalue weighted by Crippen LogP contribution is 2.36. The normalized spacial score (nSPS) is 19.0. The average molecular weight is 332 g/mol. The molecule has 2 aliphatic heterocycles. The second kappa shape index (κ2) is 5.43. The molecular formula is C13H15F3N4O3. The number of carboxylic acid groups (broad SMARTS) is 1. The highest BCUT2D eigenvalue weighted by molar-refractivity contribution is 5.93. The molecule has 3 rings (SSSR count). The van der Waals surface area contributed by atoms with Crippen LogP contribution in [0.15, 0.2) is 0 Å². The number of rotatable bonds is 1. The predicted molar refractivity (Wildman–Crippen MR) is 71.9 cm³/mol. The fourth-order valence-electron chi connectivity index (χ4n) is 2.98. The number of imidazole rings is 1. The topological polar surface area (TPSA) is 78.7 Å². The number of alkyl halides is 3. The Labute approximate surface area is 129 Å². The SMILES string of the molecule is O=C(O)N1CCn2c(C(F)(F)F)nc(N3CCCCC3=O)c2C1. The highest BCUT2D eigenvalue weighted by Gasteiger charge is 2.42. The molecule has 10 heteroatoms. The van der Waals surface area contributed by atoms with Gasteiger partial charge in [0.05, 0.1) is 12.2 Å². The maximum Gasteiger partial charge on any atom is 0.449 e. The van der Waals surface area contributed by atoms with Crippen LogP contribution in [-0.2, 0) is 24.1 Å². The number of carbonyl (C=O) groups is 2. The zero-order valence-corrected chi connectivity index (χ0v) is 12.1. The van der Waals surface area contributed by atoms with E-state index in [1.54, 1.807) is 0 Å². The number of hydrogen-bond acceptors (Lipinski definition) is 3. The molecule has 23 heavy (non-hydrogen) atoms. The van der Waals surface area contributed by atoms with Crippen LogP contribution >= 0.6 is 0 Å². The molecular weight excluding hydrogens is 317 g/mol. The zero-order valence-electron chi connectivity index (χ0n) is 12.1. The van der Waals surface area contributed by atoms with Gasteiger partial charge in [0.2, 0.25) is 11.7 Å². The van der Waals surface area contributed by atoms with Crippen molar-refractivity contribution >= 4 is 17.8 Å². The van der Waals surface area contributed by atoms with E-state index in [0.29, 0.717) is 19.4 Å². The number of carbonyl (C=O) groups excluding carboxylic acids is 1. The van der Waals surface area contributed by atoms with Gasteiger partial charge in [-0.25, -0.2) is 9.78 Å². The summed E-state index contributed by atoms with van der Waals surface area (Å²) < 4.78 is 40.6. The van der Waals surface area contributed by atoms with Crippen LogP contribution in [0.2, 0.25) is 0 Å². The Morgan fingerprint density at radius 3 is 2.52 bits per heavy atom. The van der Waals surface area contributed by atoms with Gasteiger partial charge in [0.25, 0.3) is 0 Å². The molecule has 1 saturated heterocycles. The van der Waals surface area contributed by atoms with Crippen molar-refractivity contribution in [2.75, 3.05) is 18.0 Å². The molecule has 0 atom stereocenters. The minimum Gasteiger partial charge on any atom is -0.465 e. The summed E-state index contributed by atoms with van der Waals surface area (Å²) in [5.74, 6) is -1.42. The van der Waals surface area contributed by atoms with E-state index in [1.807, 2.05) is 0 Å². The van der Waals surface area contributed by atoms with Crippen LogP contribution in [0.3, 0.4) is 0 Å². The lowest BCUT2D eigenvalue weighted by Gasteiger charge is -2.30. The van der Waals surface area contributed by atoms with E-state index in [1.165, 1.54) is 4.90 Å². The van der Waals surface area contributed by atoms with E-state index in [4.69, 9.17) is 5.11 Å². The summed E-state index contributed by atoms with van der Waals surface area (Å²) in [5.41, 5.74) is 0.126. The molecule has 0 spiro atoms. The van der Waals surface area contributed by atoms with Crippen molar-refractivity contribution in [3.8, 4) is 0 Å². The lowest BCUT2D eigenvalue weighted by Crippen LogP contribution is -2.40. The number of hydrogen-bond donors (Lipinski definition) is 1. The summed E-state index contributed by atoms with van der Waals surface area (Å²) in [6.07, 6.45) is -4.23. The van der Waals surface area contributed by atoms with Crippen LogP contribution in [0, 0.1) is 0 Å². The number of nitrogens with zero attached hydrogens (tertiary/aromatic N) is 4. The Morgan fingerprint density at radius 1 is 1.17 bits per heavy atom. The Bertz CT molecular complexity index is 656. The average Bonchev–Trinajstić information content (AvgIpc) is 2.86. The van der Waals surface area contributed by atoms with E-state index in [0.717, 1.165) is 9.47 Å². The first kappa shape index (κ1) is 15.6. The van der Waals surface area contributed by atoms with Crippen LogP contribution in [0.5, 0.6) is 0 Å². The maximum absolute atomic E-state index is 13.2. The van der Waals surface area contributed by atoms with Crippen molar-refractivity contribution in [2.45, 2.75) is 38.5 Å². The molecule has 0 saturated carbocycles. The summed E-state index contributed by atoms with van der Waals surface area (Å²) in [6.45, 7) is -0.0919. The molecule has 7 nitrogen and oxygen atoms in total. The van der Waals surface area contributed by atoms with Gasteiger partial charge in [0.15, 0.2) is 5.82 Å². The first-order valence-electron chi connectivity index (χ1n) is 7.24. The number of fused-ring (bicyclic) bond motifs is 1. The third-order valence-electron chi connectivity index (χ3n) is 4.09. The Morgan fingerprint density at radius 2 is 1.91 bits per heavy atom. The summed E-state index contributed by atoms with van der Waals surface area (Å²) >= 11 is 0. The van der Waals surface area contributed by atoms with Crippen molar-refractivity contribution in [3.63, 3.8) is 0 Å². The number of piperidine rings is 1. The quantitative estimate of drug-likeness (QED) is 0.852. The number of anilines is 1. The Balaban J connectivity index is 2.07. The van der Waals surface area contributed by atoms with Gasteiger partial charge >= 0.3 is 12.3 Å². The smallest absolute Gasteiger partial charge is 0.449 e. The monoisotopic (exact) mass is 332 g/mol. The van der Waals surface area contributed by atoms with E-state index < -0.39 is 18.1 Å². The van der Waals surface area contributed by atoms with Crippen molar-refractivity contribution in [1.82, 2.24) is 14.5 Å². The molecule has 3 heterocycles. The molecule has 0 radical (unpaired) electrons. The standard InChI is InChI=1S/C13H15F3N4O3/c14-13(15,16)11-17-10(20-4-2-1-3-9(20)21)8-7-18(12(22)23)5-6-19(8)11/h1-7H2,(H,22,23). The van der Waals surface area contributed by atoms with Crippen LogP contribution < -0.4 is 4.90 Å². The van der Waals surface area contributed by atoms with Gasteiger partial charge in [-0.2, -0.15) is 13.2 Å². The number of halogens is 3. The van der Waals surface area contributed by atoms with Gasteiger partial charge in [-0.15, -0.1) is 0 Å². The van der Waals surface area contributed by atoms with Crippen molar-refractivity contribution in [1.29, 1.82) is 0 Å². The lowest BCUT2D eigenvalue weighted by molar-refractivity contribution is -0.147.